The maximum absolute atomic E-state index is 10.8. The summed E-state index contributed by atoms with van der Waals surface area (Å²) in [5.41, 5.74) is 1.12. The molecular formula is C12H15N3O2S. The van der Waals surface area contributed by atoms with Gasteiger partial charge in [-0.05, 0) is 17.0 Å². The second kappa shape index (κ2) is 5.43. The summed E-state index contributed by atoms with van der Waals surface area (Å²) in [6.45, 7) is 0.956. The van der Waals surface area contributed by atoms with Crippen LogP contribution in [-0.2, 0) is 16.6 Å². The highest BCUT2D eigenvalue weighted by Crippen LogP contribution is 2.16. The number of hydrogen-bond acceptors (Lipinski definition) is 4. The van der Waals surface area contributed by atoms with Gasteiger partial charge in [0.25, 0.3) is 0 Å². The van der Waals surface area contributed by atoms with Crippen LogP contribution in [0.3, 0.4) is 0 Å². The molecule has 0 aliphatic rings. The first-order valence-corrected chi connectivity index (χ1v) is 7.30. The van der Waals surface area contributed by atoms with Crippen LogP contribution in [-0.4, -0.2) is 25.7 Å². The minimum atomic E-state index is -3.39. The molecule has 1 heterocycles. The van der Waals surface area contributed by atoms with Gasteiger partial charge in [-0.25, -0.2) is 13.6 Å². The van der Waals surface area contributed by atoms with Crippen LogP contribution in [0.2, 0.25) is 0 Å². The molecule has 0 unspecified atom stereocenters. The maximum atomic E-state index is 10.8. The summed E-state index contributed by atoms with van der Waals surface area (Å²) in [6, 6.07) is 7.91. The number of fused-ring (bicyclic) bond motifs is 1. The molecule has 0 aliphatic carbocycles. The van der Waals surface area contributed by atoms with Gasteiger partial charge in [-0.3, -0.25) is 4.98 Å². The van der Waals surface area contributed by atoms with Crippen molar-refractivity contribution in [3.8, 4) is 0 Å². The van der Waals surface area contributed by atoms with Crippen molar-refractivity contribution in [3.05, 3.63) is 42.2 Å². The first kappa shape index (κ1) is 12.9. The molecule has 0 aliphatic heterocycles. The number of primary sulfonamides is 1. The van der Waals surface area contributed by atoms with Gasteiger partial charge < -0.3 is 5.32 Å². The summed E-state index contributed by atoms with van der Waals surface area (Å²) in [6.07, 6.45) is 3.55. The minimum Gasteiger partial charge on any atom is -0.312 e. The Morgan fingerprint density at radius 2 is 2.11 bits per heavy atom. The molecule has 0 atom stereocenters. The number of pyridine rings is 1. The molecule has 0 spiro atoms. The normalized spacial score (nSPS) is 11.8. The van der Waals surface area contributed by atoms with Crippen LogP contribution in [0.5, 0.6) is 0 Å². The largest absolute Gasteiger partial charge is 0.312 e. The first-order valence-electron chi connectivity index (χ1n) is 5.59. The highest BCUT2D eigenvalue weighted by atomic mass is 32.2. The van der Waals surface area contributed by atoms with E-state index < -0.39 is 10.0 Å². The summed E-state index contributed by atoms with van der Waals surface area (Å²) in [7, 11) is -3.39. The molecule has 0 bridgehead atoms. The van der Waals surface area contributed by atoms with Crippen molar-refractivity contribution >= 4 is 20.8 Å². The molecule has 2 aromatic rings. The van der Waals surface area contributed by atoms with E-state index in [0.717, 1.165) is 16.3 Å². The molecule has 1 aromatic heterocycles. The lowest BCUT2D eigenvalue weighted by molar-refractivity contribution is 0.592. The molecule has 0 amide bonds. The van der Waals surface area contributed by atoms with E-state index in [9.17, 15) is 8.42 Å². The standard InChI is InChI=1S/C12H15N3O2S/c13-18(16,17)7-6-15-9-11-3-1-2-10-8-14-5-4-12(10)11/h1-5,8,15H,6-7,9H2,(H2,13,16,17). The fourth-order valence-corrected chi connectivity index (χ4v) is 2.21. The summed E-state index contributed by atoms with van der Waals surface area (Å²) in [5.74, 6) is -0.0562. The van der Waals surface area contributed by atoms with Crippen LogP contribution < -0.4 is 10.5 Å². The molecular weight excluding hydrogens is 250 g/mol. The van der Waals surface area contributed by atoms with Crippen LogP contribution in [0, 0.1) is 0 Å². The Morgan fingerprint density at radius 3 is 2.89 bits per heavy atom. The number of nitrogens with two attached hydrogens (primary N) is 1. The number of rotatable bonds is 5. The Bertz CT molecular complexity index is 635. The van der Waals surface area contributed by atoms with Gasteiger partial charge >= 0.3 is 0 Å². The van der Waals surface area contributed by atoms with Gasteiger partial charge in [0.15, 0.2) is 0 Å². The number of nitrogens with zero attached hydrogens (tertiary/aromatic N) is 1. The van der Waals surface area contributed by atoms with Crippen LogP contribution in [0.1, 0.15) is 5.56 Å². The molecule has 3 N–H and O–H groups in total. The first-order chi connectivity index (χ1) is 8.56. The average Bonchev–Trinajstić information content (AvgIpc) is 2.33. The Hall–Kier alpha value is -1.50. The van der Waals surface area contributed by atoms with Crippen LogP contribution in [0.25, 0.3) is 10.8 Å². The molecule has 0 saturated heterocycles. The predicted octanol–water partition coefficient (Wildman–Crippen LogP) is 0.613. The quantitative estimate of drug-likeness (QED) is 0.776. The van der Waals surface area contributed by atoms with Gasteiger partial charge in [-0.15, -0.1) is 0 Å². The van der Waals surface area contributed by atoms with Crippen molar-refractivity contribution in [1.29, 1.82) is 0 Å². The summed E-state index contributed by atoms with van der Waals surface area (Å²) in [5, 5.41) is 10.2. The van der Waals surface area contributed by atoms with Crippen molar-refractivity contribution in [2.45, 2.75) is 6.54 Å². The van der Waals surface area contributed by atoms with Gasteiger partial charge in [0.1, 0.15) is 0 Å². The number of nitrogens with one attached hydrogen (secondary N) is 1. The third-order valence-corrected chi connectivity index (χ3v) is 3.42. The summed E-state index contributed by atoms with van der Waals surface area (Å²) in [4.78, 5) is 4.07. The van der Waals surface area contributed by atoms with Crippen LogP contribution in [0.4, 0.5) is 0 Å². The van der Waals surface area contributed by atoms with Crippen molar-refractivity contribution in [3.63, 3.8) is 0 Å². The zero-order valence-electron chi connectivity index (χ0n) is 9.83. The fourth-order valence-electron chi connectivity index (χ4n) is 1.78. The van der Waals surface area contributed by atoms with E-state index in [1.54, 1.807) is 6.20 Å². The van der Waals surface area contributed by atoms with E-state index in [4.69, 9.17) is 5.14 Å². The maximum Gasteiger partial charge on any atom is 0.210 e. The summed E-state index contributed by atoms with van der Waals surface area (Å²) < 4.78 is 21.6. The van der Waals surface area contributed by atoms with Gasteiger partial charge in [-0.1, -0.05) is 18.2 Å². The highest BCUT2D eigenvalue weighted by molar-refractivity contribution is 7.89. The molecule has 6 heteroatoms. The number of sulfonamides is 1. The monoisotopic (exact) mass is 265 g/mol. The lowest BCUT2D eigenvalue weighted by atomic mass is 10.1. The molecule has 0 saturated carbocycles. The predicted molar refractivity (Wildman–Crippen MR) is 71.4 cm³/mol. The number of hydrogen-bond donors (Lipinski definition) is 2. The zero-order chi connectivity index (χ0) is 13.0. The van der Waals surface area contributed by atoms with Gasteiger partial charge in [0.2, 0.25) is 10.0 Å². The molecule has 2 rings (SSSR count). The zero-order valence-corrected chi connectivity index (χ0v) is 10.7. The number of benzene rings is 1. The lowest BCUT2D eigenvalue weighted by Crippen LogP contribution is -2.26. The fraction of sp³-hybridized carbons (Fsp3) is 0.250. The number of aromatic nitrogens is 1. The third-order valence-electron chi connectivity index (χ3n) is 2.65. The van der Waals surface area contributed by atoms with E-state index in [1.807, 2.05) is 30.5 Å². The van der Waals surface area contributed by atoms with Gasteiger partial charge in [-0.2, -0.15) is 0 Å². The average molecular weight is 265 g/mol. The third kappa shape index (κ3) is 3.49. The SMILES string of the molecule is NS(=O)(=O)CCNCc1cccc2cnccc12. The van der Waals surface area contributed by atoms with E-state index in [0.29, 0.717) is 13.1 Å². The smallest absolute Gasteiger partial charge is 0.210 e. The van der Waals surface area contributed by atoms with Crippen LogP contribution >= 0.6 is 0 Å². The second-order valence-electron chi connectivity index (χ2n) is 4.06. The van der Waals surface area contributed by atoms with Crippen molar-refractivity contribution in [2.75, 3.05) is 12.3 Å². The molecule has 1 aromatic carbocycles. The molecule has 18 heavy (non-hydrogen) atoms. The van der Waals surface area contributed by atoms with Gasteiger partial charge in [0.05, 0.1) is 5.75 Å². The lowest BCUT2D eigenvalue weighted by Gasteiger charge is -2.07. The van der Waals surface area contributed by atoms with Crippen molar-refractivity contribution < 1.29 is 8.42 Å². The van der Waals surface area contributed by atoms with E-state index in [2.05, 4.69) is 10.3 Å². The molecule has 96 valence electrons. The Kier molecular flexibility index (Phi) is 3.90. The second-order valence-corrected chi connectivity index (χ2v) is 5.79. The van der Waals surface area contributed by atoms with Crippen molar-refractivity contribution in [2.24, 2.45) is 5.14 Å². The molecule has 5 nitrogen and oxygen atoms in total. The Balaban J connectivity index is 2.04. The van der Waals surface area contributed by atoms with E-state index in [1.165, 1.54) is 0 Å². The topological polar surface area (TPSA) is 85.1 Å². The Morgan fingerprint density at radius 1 is 1.28 bits per heavy atom. The minimum absolute atomic E-state index is 0.0562. The summed E-state index contributed by atoms with van der Waals surface area (Å²) >= 11 is 0. The van der Waals surface area contributed by atoms with E-state index >= 15 is 0 Å². The highest BCUT2D eigenvalue weighted by Gasteiger charge is 2.03. The van der Waals surface area contributed by atoms with Crippen LogP contribution in [0.15, 0.2) is 36.7 Å². The van der Waals surface area contributed by atoms with Gasteiger partial charge in [0, 0.05) is 30.9 Å². The van der Waals surface area contributed by atoms with Crippen molar-refractivity contribution in [1.82, 2.24) is 10.3 Å². The Labute approximate surface area is 106 Å². The molecule has 0 fully saturated rings. The van der Waals surface area contributed by atoms with E-state index in [-0.39, 0.29) is 5.75 Å². The molecule has 0 radical (unpaired) electrons.